The molecule has 0 aliphatic carbocycles. The van der Waals surface area contributed by atoms with Gasteiger partial charge in [0.2, 0.25) is 17.9 Å². The number of anilines is 1. The summed E-state index contributed by atoms with van der Waals surface area (Å²) in [5.74, 6) is -0.412. The predicted molar refractivity (Wildman–Crippen MR) is 131 cm³/mol. The maximum atomic E-state index is 12.9. The lowest BCUT2D eigenvalue weighted by Gasteiger charge is -2.36. The Morgan fingerprint density at radius 1 is 1.06 bits per heavy atom. The summed E-state index contributed by atoms with van der Waals surface area (Å²) in [6.45, 7) is 13.2. The van der Waals surface area contributed by atoms with E-state index in [1.54, 1.807) is 18.2 Å². The predicted octanol–water partition coefficient (Wildman–Crippen LogP) is 5.68. The van der Waals surface area contributed by atoms with E-state index >= 15 is 0 Å². The third kappa shape index (κ3) is 5.09. The van der Waals surface area contributed by atoms with Gasteiger partial charge in [-0.2, -0.15) is 0 Å². The van der Waals surface area contributed by atoms with Gasteiger partial charge >= 0.3 is 0 Å². The van der Waals surface area contributed by atoms with Gasteiger partial charge in [-0.15, -0.1) is 0 Å². The summed E-state index contributed by atoms with van der Waals surface area (Å²) in [4.78, 5) is 26.5. The van der Waals surface area contributed by atoms with Gasteiger partial charge in [-0.3, -0.25) is 14.5 Å². The van der Waals surface area contributed by atoms with Crippen molar-refractivity contribution in [2.45, 2.75) is 52.1 Å². The van der Waals surface area contributed by atoms with Gasteiger partial charge < -0.3 is 9.16 Å². The molecule has 5 nitrogen and oxygen atoms in total. The molecular weight excluding hydrogens is 418 g/mol. The lowest BCUT2D eigenvalue weighted by atomic mass is 10.1. The maximum Gasteiger partial charge on any atom is 0.226 e. The molecule has 1 heterocycles. The van der Waals surface area contributed by atoms with Crippen LogP contribution in [-0.4, -0.2) is 39.4 Å². The molecule has 2 aromatic rings. The first-order valence-corrected chi connectivity index (χ1v) is 13.9. The van der Waals surface area contributed by atoms with Crippen LogP contribution in [0.4, 0.5) is 5.69 Å². The van der Waals surface area contributed by atoms with Crippen LogP contribution in [0, 0.1) is 0 Å². The van der Waals surface area contributed by atoms with Gasteiger partial charge in [0, 0.05) is 12.5 Å². The Hall–Kier alpha value is -2.54. The summed E-state index contributed by atoms with van der Waals surface area (Å²) < 4.78 is 12.4. The molecule has 6 heteroatoms. The number of hydrogen-bond donors (Lipinski definition) is 0. The van der Waals surface area contributed by atoms with Crippen molar-refractivity contribution in [1.29, 1.82) is 0 Å². The molecule has 0 bridgehead atoms. The number of rotatable bonds is 7. The number of carbonyl (C=O) groups excluding carboxylic acids is 2. The molecule has 0 radical (unpaired) electrons. The lowest BCUT2D eigenvalue weighted by molar-refractivity contribution is -0.118. The Bertz CT molecular complexity index is 1010. The van der Waals surface area contributed by atoms with Crippen molar-refractivity contribution < 1.29 is 18.8 Å². The van der Waals surface area contributed by atoms with E-state index in [0.717, 1.165) is 11.1 Å². The van der Waals surface area contributed by atoms with E-state index in [-0.39, 0.29) is 23.3 Å². The minimum Gasteiger partial charge on any atom is -0.413 e. The van der Waals surface area contributed by atoms with Crippen LogP contribution < -0.4 is 4.90 Å². The van der Waals surface area contributed by atoms with Gasteiger partial charge in [-0.25, -0.2) is 0 Å². The molecule has 1 aliphatic heterocycles. The van der Waals surface area contributed by atoms with Crippen LogP contribution in [0.1, 0.15) is 43.6 Å². The molecule has 1 aliphatic rings. The third-order valence-electron chi connectivity index (χ3n) is 6.35. The van der Waals surface area contributed by atoms with E-state index in [1.807, 2.05) is 42.5 Å². The summed E-state index contributed by atoms with van der Waals surface area (Å²) in [6.07, 6.45) is 1.01. The Balaban J connectivity index is 1.79. The van der Waals surface area contributed by atoms with Crippen molar-refractivity contribution in [2.24, 2.45) is 0 Å². The van der Waals surface area contributed by atoms with Gasteiger partial charge in [0.1, 0.15) is 0 Å². The van der Waals surface area contributed by atoms with Crippen molar-refractivity contribution >= 4 is 31.3 Å². The molecule has 1 atom stereocenters. The number of amides is 1. The minimum atomic E-state index is -1.93. The van der Waals surface area contributed by atoms with E-state index in [1.165, 1.54) is 11.8 Å². The highest BCUT2D eigenvalue weighted by molar-refractivity contribution is 6.74. The summed E-state index contributed by atoms with van der Waals surface area (Å²) in [6, 6.07) is 17.2. The first-order valence-electron chi connectivity index (χ1n) is 11.0. The fraction of sp³-hybridized carbons (Fsp3) is 0.385. The molecule has 0 saturated carbocycles. The molecule has 170 valence electrons. The molecule has 0 N–H and O–H groups in total. The summed E-state index contributed by atoms with van der Waals surface area (Å²) in [5, 5.41) is 0.106. The Labute approximate surface area is 192 Å². The number of Topliss-reactive ketones (excluding diaryl/α,β-unsaturated/α-hetero) is 1. The van der Waals surface area contributed by atoms with E-state index in [9.17, 15) is 9.59 Å². The van der Waals surface area contributed by atoms with Gasteiger partial charge in [0.05, 0.1) is 18.9 Å². The molecular formula is C26H33NO4Si. The van der Waals surface area contributed by atoms with Gasteiger partial charge in [-0.05, 0) is 41.4 Å². The highest BCUT2D eigenvalue weighted by Crippen LogP contribution is 2.37. The normalized spacial score (nSPS) is 16.9. The standard InChI is InChI=1S/C26H33NO4Si/c1-19(28)27-23-15-11-10-14-22(23)24(29)25(27)30-17-16-21(20-12-8-7-9-13-20)18-31-32(5,6)26(2,3)4/h7-16,25H,17-18H2,1-6H3/b21-16-. The number of ketones is 1. The maximum absolute atomic E-state index is 12.9. The van der Waals surface area contributed by atoms with E-state index in [4.69, 9.17) is 9.16 Å². The number of para-hydroxylation sites is 1. The molecule has 1 amide bonds. The highest BCUT2D eigenvalue weighted by atomic mass is 28.4. The fourth-order valence-electron chi connectivity index (χ4n) is 3.38. The van der Waals surface area contributed by atoms with Crippen LogP contribution in [-0.2, 0) is 14.0 Å². The van der Waals surface area contributed by atoms with Crippen LogP contribution in [0.3, 0.4) is 0 Å². The van der Waals surface area contributed by atoms with E-state index in [0.29, 0.717) is 17.9 Å². The van der Waals surface area contributed by atoms with Crippen molar-refractivity contribution in [3.8, 4) is 0 Å². The number of nitrogens with zero attached hydrogens (tertiary/aromatic N) is 1. The second-order valence-corrected chi connectivity index (χ2v) is 14.4. The number of fused-ring (bicyclic) bond motifs is 1. The second-order valence-electron chi connectivity index (χ2n) is 9.60. The van der Waals surface area contributed by atoms with Crippen LogP contribution in [0.2, 0.25) is 18.1 Å². The zero-order chi connectivity index (χ0) is 23.5. The topological polar surface area (TPSA) is 55.8 Å². The largest absolute Gasteiger partial charge is 0.413 e. The molecule has 3 rings (SSSR count). The summed E-state index contributed by atoms with van der Waals surface area (Å²) in [7, 11) is -1.93. The van der Waals surface area contributed by atoms with Crippen molar-refractivity contribution in [3.05, 3.63) is 71.8 Å². The highest BCUT2D eigenvalue weighted by Gasteiger charge is 2.40. The monoisotopic (exact) mass is 451 g/mol. The Morgan fingerprint density at radius 2 is 1.69 bits per heavy atom. The first kappa shape index (κ1) is 24.1. The molecule has 0 saturated heterocycles. The molecule has 0 aromatic heterocycles. The number of carbonyl (C=O) groups is 2. The number of benzene rings is 2. The van der Waals surface area contributed by atoms with Crippen molar-refractivity contribution in [1.82, 2.24) is 0 Å². The minimum absolute atomic E-state index is 0.106. The van der Waals surface area contributed by atoms with Crippen LogP contribution in [0.25, 0.3) is 5.57 Å². The van der Waals surface area contributed by atoms with Crippen molar-refractivity contribution in [3.63, 3.8) is 0 Å². The van der Waals surface area contributed by atoms with Gasteiger partial charge in [-0.1, -0.05) is 69.3 Å². The lowest BCUT2D eigenvalue weighted by Crippen LogP contribution is -2.41. The van der Waals surface area contributed by atoms with Crippen molar-refractivity contribution in [2.75, 3.05) is 18.1 Å². The summed E-state index contributed by atoms with van der Waals surface area (Å²) >= 11 is 0. The zero-order valence-corrected chi connectivity index (χ0v) is 20.8. The second kappa shape index (κ2) is 9.53. The molecule has 0 fully saturated rings. The number of ether oxygens (including phenoxy) is 1. The summed E-state index contributed by atoms with van der Waals surface area (Å²) in [5.41, 5.74) is 3.18. The molecule has 2 aromatic carbocycles. The smallest absolute Gasteiger partial charge is 0.226 e. The zero-order valence-electron chi connectivity index (χ0n) is 19.8. The average molecular weight is 452 g/mol. The van der Waals surface area contributed by atoms with Crippen LogP contribution >= 0.6 is 0 Å². The Kier molecular flexibility index (Phi) is 7.18. The van der Waals surface area contributed by atoms with E-state index in [2.05, 4.69) is 33.9 Å². The van der Waals surface area contributed by atoms with E-state index < -0.39 is 14.5 Å². The van der Waals surface area contributed by atoms with Gasteiger partial charge in [0.25, 0.3) is 0 Å². The number of hydrogen-bond acceptors (Lipinski definition) is 4. The van der Waals surface area contributed by atoms with Crippen LogP contribution in [0.15, 0.2) is 60.7 Å². The molecule has 32 heavy (non-hydrogen) atoms. The Morgan fingerprint density at radius 3 is 2.31 bits per heavy atom. The quantitative estimate of drug-likeness (QED) is 0.508. The molecule has 1 unspecified atom stereocenters. The van der Waals surface area contributed by atoms with Gasteiger partial charge in [0.15, 0.2) is 8.32 Å². The molecule has 0 spiro atoms. The third-order valence-corrected chi connectivity index (χ3v) is 10.8. The van der Waals surface area contributed by atoms with Crippen LogP contribution in [0.5, 0.6) is 0 Å². The average Bonchev–Trinajstić information content (AvgIpc) is 3.02. The fourth-order valence-corrected chi connectivity index (χ4v) is 4.33. The SMILES string of the molecule is CC(=O)N1c2ccccc2C(=O)C1OC/C=C(/CO[Si](C)(C)C(C)(C)C)c1ccccc1. The first-order chi connectivity index (χ1) is 15.0.